The fourth-order valence-corrected chi connectivity index (χ4v) is 3.27. The molecule has 3 rings (SSSR count). The van der Waals surface area contributed by atoms with E-state index in [1.165, 1.54) is 19.4 Å². The largest absolute Gasteiger partial charge is 0.460 e. The number of hydrogen-bond acceptors (Lipinski definition) is 3. The van der Waals surface area contributed by atoms with Crippen molar-refractivity contribution in [1.82, 2.24) is 10.2 Å². The third kappa shape index (κ3) is 3.72. The quantitative estimate of drug-likeness (QED) is 0.866. The molecule has 4 heteroatoms. The lowest BCUT2D eigenvalue weighted by Gasteiger charge is -2.22. The first-order chi connectivity index (χ1) is 10.8. The smallest absolute Gasteiger partial charge is 0.134 e. The lowest BCUT2D eigenvalue weighted by Crippen LogP contribution is -2.37. The molecule has 2 heterocycles. The van der Waals surface area contributed by atoms with Crippen LogP contribution in [0.25, 0.3) is 11.3 Å². The van der Waals surface area contributed by atoms with Crippen molar-refractivity contribution in [3.63, 3.8) is 0 Å². The monoisotopic (exact) mass is 318 g/mol. The van der Waals surface area contributed by atoms with E-state index in [4.69, 9.17) is 16.0 Å². The highest BCUT2D eigenvalue weighted by molar-refractivity contribution is 6.30. The molecule has 3 nitrogen and oxygen atoms in total. The Morgan fingerprint density at radius 1 is 1.23 bits per heavy atom. The predicted octanol–water partition coefficient (Wildman–Crippen LogP) is 4.17. The number of nitrogens with zero attached hydrogens (tertiary/aromatic N) is 1. The Morgan fingerprint density at radius 2 is 2.05 bits per heavy atom. The standard InChI is InChI=1S/C18H23ClN2O/c1-2-21-11-3-4-16(21)12-20-13-17-9-10-18(22-17)14-5-7-15(19)8-6-14/h5-10,16,20H,2-4,11-13H2,1H3. The number of likely N-dealkylation sites (N-methyl/N-ethyl adjacent to an activating group) is 1. The lowest BCUT2D eigenvalue weighted by atomic mass is 10.2. The maximum atomic E-state index is 5.91. The Kier molecular flexibility index (Phi) is 5.19. The minimum absolute atomic E-state index is 0.677. The highest BCUT2D eigenvalue weighted by Crippen LogP contribution is 2.24. The number of nitrogens with one attached hydrogen (secondary N) is 1. The van der Waals surface area contributed by atoms with Crippen molar-refractivity contribution in [2.45, 2.75) is 32.4 Å². The number of likely N-dealkylation sites (tertiary alicyclic amines) is 1. The molecule has 1 aliphatic heterocycles. The van der Waals surface area contributed by atoms with E-state index >= 15 is 0 Å². The van der Waals surface area contributed by atoms with Crippen LogP contribution in [0.4, 0.5) is 0 Å². The molecule has 1 aromatic carbocycles. The van der Waals surface area contributed by atoms with Crippen molar-refractivity contribution in [2.75, 3.05) is 19.6 Å². The molecule has 0 bridgehead atoms. The average molecular weight is 319 g/mol. The summed E-state index contributed by atoms with van der Waals surface area (Å²) in [6.45, 7) is 6.44. The first-order valence-corrected chi connectivity index (χ1v) is 8.43. The first-order valence-electron chi connectivity index (χ1n) is 8.05. The highest BCUT2D eigenvalue weighted by atomic mass is 35.5. The van der Waals surface area contributed by atoms with Crippen LogP contribution in [0, 0.1) is 0 Å². The molecule has 1 fully saturated rings. The van der Waals surface area contributed by atoms with E-state index in [1.807, 2.05) is 36.4 Å². The summed E-state index contributed by atoms with van der Waals surface area (Å²) >= 11 is 5.91. The van der Waals surface area contributed by atoms with E-state index in [9.17, 15) is 0 Å². The van der Waals surface area contributed by atoms with Gasteiger partial charge in [0.05, 0.1) is 6.54 Å². The van der Waals surface area contributed by atoms with E-state index in [1.54, 1.807) is 0 Å². The number of rotatable bonds is 6. The molecular weight excluding hydrogens is 296 g/mol. The van der Waals surface area contributed by atoms with Gasteiger partial charge in [0.2, 0.25) is 0 Å². The molecule has 1 aliphatic rings. The molecule has 0 spiro atoms. The van der Waals surface area contributed by atoms with Gasteiger partial charge in [-0.2, -0.15) is 0 Å². The van der Waals surface area contributed by atoms with Crippen LogP contribution in [-0.2, 0) is 6.54 Å². The maximum absolute atomic E-state index is 5.91. The Bertz CT molecular complexity index is 593. The van der Waals surface area contributed by atoms with Gasteiger partial charge in [-0.1, -0.05) is 18.5 Å². The SMILES string of the molecule is CCN1CCCC1CNCc1ccc(-c2ccc(Cl)cc2)o1. The van der Waals surface area contributed by atoms with Crippen molar-refractivity contribution in [2.24, 2.45) is 0 Å². The zero-order valence-electron chi connectivity index (χ0n) is 13.0. The lowest BCUT2D eigenvalue weighted by molar-refractivity contribution is 0.258. The van der Waals surface area contributed by atoms with Gasteiger partial charge in [-0.3, -0.25) is 4.90 Å². The zero-order valence-corrected chi connectivity index (χ0v) is 13.8. The van der Waals surface area contributed by atoms with Crippen LogP contribution in [0.2, 0.25) is 5.02 Å². The maximum Gasteiger partial charge on any atom is 0.134 e. The molecule has 1 N–H and O–H groups in total. The van der Waals surface area contributed by atoms with Gasteiger partial charge in [0.15, 0.2) is 0 Å². The van der Waals surface area contributed by atoms with Crippen molar-refractivity contribution < 1.29 is 4.42 Å². The molecule has 22 heavy (non-hydrogen) atoms. The van der Waals surface area contributed by atoms with Gasteiger partial charge in [-0.05, 0) is 62.3 Å². The molecule has 0 amide bonds. The van der Waals surface area contributed by atoms with E-state index < -0.39 is 0 Å². The summed E-state index contributed by atoms with van der Waals surface area (Å²) < 4.78 is 5.91. The number of benzene rings is 1. The van der Waals surface area contributed by atoms with Crippen LogP contribution < -0.4 is 5.32 Å². The van der Waals surface area contributed by atoms with Gasteiger partial charge in [0.25, 0.3) is 0 Å². The summed E-state index contributed by atoms with van der Waals surface area (Å²) in [6.07, 6.45) is 2.62. The van der Waals surface area contributed by atoms with Crippen molar-refractivity contribution in [3.8, 4) is 11.3 Å². The van der Waals surface area contributed by atoms with Gasteiger partial charge in [-0.15, -0.1) is 0 Å². The summed E-state index contributed by atoms with van der Waals surface area (Å²) in [6, 6.07) is 12.5. The van der Waals surface area contributed by atoms with Crippen LogP contribution in [-0.4, -0.2) is 30.6 Å². The van der Waals surface area contributed by atoms with Crippen LogP contribution in [0.1, 0.15) is 25.5 Å². The summed E-state index contributed by atoms with van der Waals surface area (Å²) in [5, 5.41) is 4.27. The molecule has 1 atom stereocenters. The second-order valence-electron chi connectivity index (χ2n) is 5.83. The molecule has 1 unspecified atom stereocenters. The molecule has 1 aromatic heterocycles. The highest BCUT2D eigenvalue weighted by Gasteiger charge is 2.22. The molecular formula is C18H23ClN2O. The normalized spacial score (nSPS) is 18.9. The molecule has 0 saturated carbocycles. The second-order valence-corrected chi connectivity index (χ2v) is 6.26. The Balaban J connectivity index is 1.52. The molecule has 118 valence electrons. The van der Waals surface area contributed by atoms with Crippen LogP contribution >= 0.6 is 11.6 Å². The van der Waals surface area contributed by atoms with Gasteiger partial charge in [0, 0.05) is 23.2 Å². The van der Waals surface area contributed by atoms with E-state index in [0.29, 0.717) is 6.04 Å². The number of furan rings is 1. The topological polar surface area (TPSA) is 28.4 Å². The summed E-state index contributed by atoms with van der Waals surface area (Å²) in [5.41, 5.74) is 1.06. The summed E-state index contributed by atoms with van der Waals surface area (Å²) in [5.74, 6) is 1.87. The van der Waals surface area contributed by atoms with Crippen molar-refractivity contribution >= 4 is 11.6 Å². The Morgan fingerprint density at radius 3 is 2.82 bits per heavy atom. The number of halogens is 1. The van der Waals surface area contributed by atoms with Gasteiger partial charge < -0.3 is 9.73 Å². The third-order valence-electron chi connectivity index (χ3n) is 4.37. The van der Waals surface area contributed by atoms with Crippen molar-refractivity contribution in [1.29, 1.82) is 0 Å². The molecule has 2 aromatic rings. The fourth-order valence-electron chi connectivity index (χ4n) is 3.15. The fraction of sp³-hybridized carbons (Fsp3) is 0.444. The van der Waals surface area contributed by atoms with Gasteiger partial charge >= 0.3 is 0 Å². The van der Waals surface area contributed by atoms with Crippen molar-refractivity contribution in [3.05, 3.63) is 47.2 Å². The van der Waals surface area contributed by atoms with Gasteiger partial charge in [-0.25, -0.2) is 0 Å². The molecule has 1 saturated heterocycles. The summed E-state index contributed by atoms with van der Waals surface area (Å²) in [7, 11) is 0. The Hall–Kier alpha value is -1.29. The third-order valence-corrected chi connectivity index (χ3v) is 4.63. The first kappa shape index (κ1) is 15.6. The van der Waals surface area contributed by atoms with Gasteiger partial charge in [0.1, 0.15) is 11.5 Å². The second kappa shape index (κ2) is 7.32. The molecule has 0 radical (unpaired) electrons. The van der Waals surface area contributed by atoms with Crippen LogP contribution in [0.5, 0.6) is 0 Å². The zero-order chi connectivity index (χ0) is 15.4. The Labute approximate surface area is 137 Å². The molecule has 0 aliphatic carbocycles. The van der Waals surface area contributed by atoms with E-state index in [-0.39, 0.29) is 0 Å². The van der Waals surface area contributed by atoms with E-state index in [2.05, 4.69) is 17.1 Å². The average Bonchev–Trinajstić information content (AvgIpc) is 3.17. The van der Waals surface area contributed by atoms with E-state index in [0.717, 1.165) is 41.7 Å². The minimum Gasteiger partial charge on any atom is -0.460 e. The van der Waals surface area contributed by atoms with Crippen LogP contribution in [0.15, 0.2) is 40.8 Å². The van der Waals surface area contributed by atoms with Crippen LogP contribution in [0.3, 0.4) is 0 Å². The predicted molar refractivity (Wildman–Crippen MR) is 91.1 cm³/mol. The number of hydrogen-bond donors (Lipinski definition) is 1. The summed E-state index contributed by atoms with van der Waals surface area (Å²) in [4.78, 5) is 2.55. The minimum atomic E-state index is 0.677.